The van der Waals surface area contributed by atoms with Gasteiger partial charge in [0.1, 0.15) is 11.4 Å². The Morgan fingerprint density at radius 3 is 2.31 bits per heavy atom. The summed E-state index contributed by atoms with van der Waals surface area (Å²) in [5.74, 6) is 1.85. The van der Waals surface area contributed by atoms with E-state index in [1.807, 2.05) is 17.0 Å². The van der Waals surface area contributed by atoms with E-state index < -0.39 is 0 Å². The van der Waals surface area contributed by atoms with Crippen LogP contribution in [0.25, 0.3) is 11.3 Å². The molecule has 1 unspecified atom stereocenters. The van der Waals surface area contributed by atoms with E-state index in [0.29, 0.717) is 30.7 Å². The van der Waals surface area contributed by atoms with Gasteiger partial charge in [0.25, 0.3) is 5.91 Å². The van der Waals surface area contributed by atoms with Crippen LogP contribution in [-0.4, -0.2) is 34.2 Å². The van der Waals surface area contributed by atoms with Gasteiger partial charge in [-0.15, -0.1) is 0 Å². The summed E-state index contributed by atoms with van der Waals surface area (Å²) in [6.45, 7) is 12.1. The van der Waals surface area contributed by atoms with Gasteiger partial charge in [0.2, 0.25) is 0 Å². The molecule has 0 radical (unpaired) electrons. The number of nitrogens with zero attached hydrogens (tertiary/aromatic N) is 2. The van der Waals surface area contributed by atoms with Gasteiger partial charge in [-0.2, -0.15) is 5.10 Å². The zero-order valence-electron chi connectivity index (χ0n) is 19.7. The predicted octanol–water partition coefficient (Wildman–Crippen LogP) is 6.01. The van der Waals surface area contributed by atoms with E-state index in [0.717, 1.165) is 34.6 Å². The molecular formula is C27H33N3O2. The number of carbonyl (C=O) groups excluding carboxylic acids is 1. The van der Waals surface area contributed by atoms with Gasteiger partial charge in [-0.1, -0.05) is 69.7 Å². The van der Waals surface area contributed by atoms with Gasteiger partial charge in [0.15, 0.2) is 0 Å². The van der Waals surface area contributed by atoms with Crippen molar-refractivity contribution < 1.29 is 9.53 Å². The molecule has 1 amide bonds. The average Bonchev–Trinajstić information content (AvgIpc) is 3.28. The minimum Gasteiger partial charge on any atom is -0.494 e. The Labute approximate surface area is 190 Å². The second kappa shape index (κ2) is 9.19. The zero-order valence-corrected chi connectivity index (χ0v) is 19.7. The summed E-state index contributed by atoms with van der Waals surface area (Å²) in [6, 6.07) is 16.3. The Morgan fingerprint density at radius 1 is 1.00 bits per heavy atom. The minimum absolute atomic E-state index is 0.0156. The van der Waals surface area contributed by atoms with Crippen molar-refractivity contribution in [3.63, 3.8) is 0 Å². The number of benzene rings is 2. The van der Waals surface area contributed by atoms with Gasteiger partial charge in [0.05, 0.1) is 18.3 Å². The Morgan fingerprint density at radius 2 is 1.69 bits per heavy atom. The van der Waals surface area contributed by atoms with Crippen LogP contribution in [0.4, 0.5) is 0 Å². The third-order valence-electron chi connectivity index (χ3n) is 5.91. The monoisotopic (exact) mass is 431 g/mol. The number of nitrogens with one attached hydrogen (secondary N) is 1. The highest BCUT2D eigenvalue weighted by atomic mass is 16.5. The first kappa shape index (κ1) is 22.1. The summed E-state index contributed by atoms with van der Waals surface area (Å²) < 4.78 is 5.91. The number of aromatic nitrogens is 2. The van der Waals surface area contributed by atoms with E-state index in [-0.39, 0.29) is 11.9 Å². The van der Waals surface area contributed by atoms with Gasteiger partial charge in [0, 0.05) is 17.7 Å². The summed E-state index contributed by atoms with van der Waals surface area (Å²) in [6.07, 6.45) is 1.03. The van der Waals surface area contributed by atoms with Crippen molar-refractivity contribution in [3.05, 3.63) is 70.9 Å². The van der Waals surface area contributed by atoms with Crippen molar-refractivity contribution in [1.82, 2.24) is 15.1 Å². The quantitative estimate of drug-likeness (QED) is 0.475. The van der Waals surface area contributed by atoms with E-state index in [9.17, 15) is 4.79 Å². The molecule has 0 bridgehead atoms. The second-order valence-corrected chi connectivity index (χ2v) is 9.58. The molecule has 0 aliphatic carbocycles. The number of carbonyl (C=O) groups is 1. The Hall–Kier alpha value is -3.08. The third kappa shape index (κ3) is 4.43. The maximum atomic E-state index is 13.3. The number of hydrogen-bond donors (Lipinski definition) is 1. The molecule has 0 saturated heterocycles. The highest BCUT2D eigenvalue weighted by Gasteiger charge is 2.42. The van der Waals surface area contributed by atoms with Crippen LogP contribution < -0.4 is 4.74 Å². The molecule has 168 valence electrons. The minimum atomic E-state index is -0.167. The number of hydrogen-bond acceptors (Lipinski definition) is 3. The molecule has 1 aromatic heterocycles. The Bertz CT molecular complexity index is 1070. The molecule has 0 fully saturated rings. The van der Waals surface area contributed by atoms with Crippen molar-refractivity contribution in [2.75, 3.05) is 13.2 Å². The highest BCUT2D eigenvalue weighted by Crippen LogP contribution is 2.43. The van der Waals surface area contributed by atoms with Crippen molar-refractivity contribution >= 4 is 5.91 Å². The molecule has 3 aromatic rings. The van der Waals surface area contributed by atoms with Crippen LogP contribution in [0.5, 0.6) is 5.75 Å². The van der Waals surface area contributed by atoms with Gasteiger partial charge in [-0.05, 0) is 42.9 Å². The maximum Gasteiger partial charge on any atom is 0.273 e. The molecule has 1 N–H and O–H groups in total. The van der Waals surface area contributed by atoms with Crippen LogP contribution in [0, 0.1) is 18.8 Å². The molecule has 2 aromatic carbocycles. The fraction of sp³-hybridized carbons (Fsp3) is 0.407. The standard InChI is InChI=1S/C27H33N3O2/c1-17(2)14-15-32-22-12-10-21(11-13-22)26-23-24(20-8-6-19(5)7-9-20)28-29-25(23)27(31)30(26)16-18(3)4/h6-13,17-18,26H,14-16H2,1-5H3,(H,28,29). The van der Waals surface area contributed by atoms with Gasteiger partial charge < -0.3 is 9.64 Å². The Balaban J connectivity index is 1.70. The van der Waals surface area contributed by atoms with Crippen LogP contribution >= 0.6 is 0 Å². The van der Waals surface area contributed by atoms with Gasteiger partial charge in [-0.3, -0.25) is 9.89 Å². The predicted molar refractivity (Wildman–Crippen MR) is 128 cm³/mol. The van der Waals surface area contributed by atoms with E-state index in [1.54, 1.807) is 0 Å². The molecule has 2 heterocycles. The lowest BCUT2D eigenvalue weighted by molar-refractivity contribution is 0.0722. The summed E-state index contributed by atoms with van der Waals surface area (Å²) in [7, 11) is 0. The molecule has 4 rings (SSSR count). The second-order valence-electron chi connectivity index (χ2n) is 9.58. The lowest BCUT2D eigenvalue weighted by atomic mass is 9.95. The smallest absolute Gasteiger partial charge is 0.273 e. The molecule has 1 aliphatic rings. The molecular weight excluding hydrogens is 398 g/mol. The Kier molecular flexibility index (Phi) is 6.35. The molecule has 0 spiro atoms. The summed E-state index contributed by atoms with van der Waals surface area (Å²) in [5.41, 5.74) is 5.70. The topological polar surface area (TPSA) is 58.2 Å². The first-order valence-corrected chi connectivity index (χ1v) is 11.5. The summed E-state index contributed by atoms with van der Waals surface area (Å²) >= 11 is 0. The lowest BCUT2D eigenvalue weighted by Gasteiger charge is -2.28. The van der Waals surface area contributed by atoms with E-state index in [1.165, 1.54) is 5.56 Å². The molecule has 5 nitrogen and oxygen atoms in total. The number of aromatic amines is 1. The van der Waals surface area contributed by atoms with E-state index in [2.05, 4.69) is 81.2 Å². The summed E-state index contributed by atoms with van der Waals surface area (Å²) in [4.78, 5) is 15.3. The zero-order chi connectivity index (χ0) is 22.8. The third-order valence-corrected chi connectivity index (χ3v) is 5.91. The number of ether oxygens (including phenoxy) is 1. The lowest BCUT2D eigenvalue weighted by Crippen LogP contribution is -2.32. The van der Waals surface area contributed by atoms with Crippen LogP contribution in [0.2, 0.25) is 0 Å². The molecule has 32 heavy (non-hydrogen) atoms. The van der Waals surface area contributed by atoms with Crippen LogP contribution in [0.1, 0.15) is 67.3 Å². The number of fused-ring (bicyclic) bond motifs is 1. The number of rotatable bonds is 8. The van der Waals surface area contributed by atoms with Crippen molar-refractivity contribution in [2.24, 2.45) is 11.8 Å². The van der Waals surface area contributed by atoms with Crippen LogP contribution in [-0.2, 0) is 0 Å². The van der Waals surface area contributed by atoms with Crippen molar-refractivity contribution in [1.29, 1.82) is 0 Å². The van der Waals surface area contributed by atoms with Crippen LogP contribution in [0.15, 0.2) is 48.5 Å². The largest absolute Gasteiger partial charge is 0.494 e. The number of H-pyrrole nitrogens is 1. The average molecular weight is 432 g/mol. The fourth-order valence-electron chi connectivity index (χ4n) is 4.22. The first-order chi connectivity index (χ1) is 15.3. The van der Waals surface area contributed by atoms with Gasteiger partial charge >= 0.3 is 0 Å². The first-order valence-electron chi connectivity index (χ1n) is 11.5. The molecule has 1 aliphatic heterocycles. The number of amides is 1. The molecule has 0 saturated carbocycles. The van der Waals surface area contributed by atoms with Gasteiger partial charge in [-0.25, -0.2) is 0 Å². The number of aryl methyl sites for hydroxylation is 1. The normalized spacial score (nSPS) is 15.7. The highest BCUT2D eigenvalue weighted by molar-refractivity contribution is 6.00. The van der Waals surface area contributed by atoms with Crippen LogP contribution in [0.3, 0.4) is 0 Å². The van der Waals surface area contributed by atoms with Crippen molar-refractivity contribution in [3.8, 4) is 17.0 Å². The SMILES string of the molecule is Cc1ccc(-c2n[nH]c3c2C(c2ccc(OCCC(C)C)cc2)N(CC(C)C)C3=O)cc1. The fourth-order valence-corrected chi connectivity index (χ4v) is 4.22. The summed E-state index contributed by atoms with van der Waals surface area (Å²) in [5, 5.41) is 7.59. The van der Waals surface area contributed by atoms with Crippen molar-refractivity contribution in [2.45, 2.75) is 47.1 Å². The molecule has 1 atom stereocenters. The van der Waals surface area contributed by atoms with E-state index in [4.69, 9.17) is 4.74 Å². The van der Waals surface area contributed by atoms with E-state index >= 15 is 0 Å². The maximum absolute atomic E-state index is 13.3. The molecule has 5 heteroatoms.